The van der Waals surface area contributed by atoms with Crippen LogP contribution in [0, 0.1) is 21.4 Å². The molecule has 1 aromatic heterocycles. The van der Waals surface area contributed by atoms with Gasteiger partial charge in [-0.15, -0.1) is 0 Å². The molecule has 6 nitrogen and oxygen atoms in total. The van der Waals surface area contributed by atoms with Crippen molar-refractivity contribution in [1.82, 2.24) is 4.98 Å². The van der Waals surface area contributed by atoms with Crippen LogP contribution in [-0.2, 0) is 12.7 Å². The van der Waals surface area contributed by atoms with Gasteiger partial charge in [-0.1, -0.05) is 12.1 Å². The molecule has 0 amide bonds. The first-order valence-corrected chi connectivity index (χ1v) is 8.06. The predicted octanol–water partition coefficient (Wildman–Crippen LogP) is 4.67. The second kappa shape index (κ2) is 7.15. The van der Waals surface area contributed by atoms with Gasteiger partial charge in [0.1, 0.15) is 11.8 Å². The average molecular weight is 386 g/mol. The molecule has 9 heteroatoms. The Morgan fingerprint density at radius 1 is 1.25 bits per heavy atom. The quantitative estimate of drug-likeness (QED) is 0.481. The Bertz CT molecular complexity index is 1110. The Kier molecular flexibility index (Phi) is 4.88. The maximum absolute atomic E-state index is 12.9. The minimum Gasteiger partial charge on any atom is -0.370 e. The molecule has 3 aromatic rings. The number of non-ortho nitro benzene ring substituents is 1. The highest BCUT2D eigenvalue weighted by atomic mass is 19.4. The lowest BCUT2D eigenvalue weighted by Crippen LogP contribution is -2.18. The molecule has 2 aromatic carbocycles. The van der Waals surface area contributed by atoms with E-state index in [9.17, 15) is 28.5 Å². The van der Waals surface area contributed by atoms with E-state index in [4.69, 9.17) is 0 Å². The van der Waals surface area contributed by atoms with Gasteiger partial charge in [0.05, 0.1) is 15.9 Å². The number of rotatable bonds is 4. The van der Waals surface area contributed by atoms with Crippen molar-refractivity contribution in [1.29, 1.82) is 5.26 Å². The van der Waals surface area contributed by atoms with Crippen molar-refractivity contribution in [2.24, 2.45) is 0 Å². The van der Waals surface area contributed by atoms with E-state index in [-0.39, 0.29) is 23.2 Å². The minimum absolute atomic E-state index is 0.120. The second-order valence-corrected chi connectivity index (χ2v) is 6.10. The SMILES string of the molecule is CN(Cc1ccnc(C(F)(F)F)c1)c1ccc([N+](=O)[O-])c2c(C#N)cccc12. The van der Waals surface area contributed by atoms with E-state index >= 15 is 0 Å². The highest BCUT2D eigenvalue weighted by Gasteiger charge is 2.32. The summed E-state index contributed by atoms with van der Waals surface area (Å²) in [6.45, 7) is 0.120. The monoisotopic (exact) mass is 386 g/mol. The summed E-state index contributed by atoms with van der Waals surface area (Å²) in [6.07, 6.45) is -3.45. The van der Waals surface area contributed by atoms with Crippen LogP contribution in [0.4, 0.5) is 24.5 Å². The van der Waals surface area contributed by atoms with Gasteiger partial charge in [0.15, 0.2) is 0 Å². The molecule has 0 bridgehead atoms. The summed E-state index contributed by atoms with van der Waals surface area (Å²) in [5, 5.41) is 21.3. The number of anilines is 1. The Morgan fingerprint density at radius 2 is 2.00 bits per heavy atom. The van der Waals surface area contributed by atoms with E-state index in [2.05, 4.69) is 4.98 Å². The van der Waals surface area contributed by atoms with Gasteiger partial charge in [-0.05, 0) is 29.8 Å². The van der Waals surface area contributed by atoms with E-state index in [1.807, 2.05) is 6.07 Å². The normalized spacial score (nSPS) is 11.2. The standard InChI is InChI=1S/C19H13F3N4O2/c1-25(11-12-7-8-24-17(9-12)19(20,21)22)15-5-6-16(26(27)28)18-13(10-23)3-2-4-14(15)18/h2-9H,11H2,1H3. The molecule has 0 aliphatic rings. The number of alkyl halides is 3. The lowest BCUT2D eigenvalue weighted by atomic mass is 10.0. The number of aromatic nitrogens is 1. The molecule has 0 atom stereocenters. The fraction of sp³-hybridized carbons (Fsp3) is 0.158. The zero-order valence-corrected chi connectivity index (χ0v) is 14.6. The summed E-state index contributed by atoms with van der Waals surface area (Å²) >= 11 is 0. The minimum atomic E-state index is -4.55. The Hall–Kier alpha value is -3.67. The zero-order valence-electron chi connectivity index (χ0n) is 14.6. The van der Waals surface area contributed by atoms with Gasteiger partial charge in [0, 0.05) is 36.9 Å². The summed E-state index contributed by atoms with van der Waals surface area (Å²) in [5.74, 6) is 0. The Labute approximate surface area is 157 Å². The van der Waals surface area contributed by atoms with E-state index in [1.165, 1.54) is 24.3 Å². The molecular formula is C19H13F3N4O2. The number of nitrogens with zero attached hydrogens (tertiary/aromatic N) is 4. The number of nitriles is 1. The number of fused-ring (bicyclic) bond motifs is 1. The zero-order chi connectivity index (χ0) is 20.5. The fourth-order valence-electron chi connectivity index (χ4n) is 3.04. The number of benzene rings is 2. The predicted molar refractivity (Wildman–Crippen MR) is 96.7 cm³/mol. The molecule has 3 rings (SSSR count). The number of nitro benzene ring substituents is 1. The largest absolute Gasteiger partial charge is 0.433 e. The third kappa shape index (κ3) is 3.57. The van der Waals surface area contributed by atoms with Crippen molar-refractivity contribution in [2.75, 3.05) is 11.9 Å². The van der Waals surface area contributed by atoms with Crippen LogP contribution < -0.4 is 4.90 Å². The topological polar surface area (TPSA) is 83.1 Å². The smallest absolute Gasteiger partial charge is 0.370 e. The van der Waals surface area contributed by atoms with Gasteiger partial charge in [0.2, 0.25) is 0 Å². The lowest BCUT2D eigenvalue weighted by Gasteiger charge is -2.22. The van der Waals surface area contributed by atoms with E-state index in [0.717, 1.165) is 12.3 Å². The molecule has 0 unspecified atom stereocenters. The van der Waals surface area contributed by atoms with Gasteiger partial charge in [0.25, 0.3) is 5.69 Å². The highest BCUT2D eigenvalue weighted by Crippen LogP contribution is 2.36. The summed E-state index contributed by atoms with van der Waals surface area (Å²) in [5.41, 5.74) is -0.0927. The number of hydrogen-bond donors (Lipinski definition) is 0. The first kappa shape index (κ1) is 19.1. The molecule has 0 fully saturated rings. The van der Waals surface area contributed by atoms with Gasteiger partial charge in [-0.2, -0.15) is 18.4 Å². The molecule has 1 heterocycles. The summed E-state index contributed by atoms with van der Waals surface area (Å²) < 4.78 is 38.6. The van der Waals surface area contributed by atoms with Crippen molar-refractivity contribution in [2.45, 2.75) is 12.7 Å². The molecule has 142 valence electrons. The number of hydrogen-bond acceptors (Lipinski definition) is 5. The molecule has 0 radical (unpaired) electrons. The van der Waals surface area contributed by atoms with Crippen molar-refractivity contribution in [3.05, 3.63) is 75.6 Å². The average Bonchev–Trinajstić information content (AvgIpc) is 2.65. The highest BCUT2D eigenvalue weighted by molar-refractivity contribution is 6.03. The Morgan fingerprint density at radius 3 is 2.64 bits per heavy atom. The summed E-state index contributed by atoms with van der Waals surface area (Å²) in [7, 11) is 1.66. The maximum atomic E-state index is 12.9. The van der Waals surface area contributed by atoms with Crippen LogP contribution in [0.15, 0.2) is 48.7 Å². The van der Waals surface area contributed by atoms with Crippen LogP contribution in [0.5, 0.6) is 0 Å². The van der Waals surface area contributed by atoms with Crippen LogP contribution in [0.3, 0.4) is 0 Å². The second-order valence-electron chi connectivity index (χ2n) is 6.10. The van der Waals surface area contributed by atoms with Gasteiger partial charge >= 0.3 is 6.18 Å². The number of halogens is 3. The van der Waals surface area contributed by atoms with Crippen LogP contribution >= 0.6 is 0 Å². The van der Waals surface area contributed by atoms with Crippen molar-refractivity contribution >= 4 is 22.1 Å². The third-order valence-electron chi connectivity index (χ3n) is 4.26. The van der Waals surface area contributed by atoms with Crippen LogP contribution in [0.25, 0.3) is 10.8 Å². The van der Waals surface area contributed by atoms with Gasteiger partial charge in [-0.3, -0.25) is 15.1 Å². The maximum Gasteiger partial charge on any atom is 0.433 e. The van der Waals surface area contributed by atoms with Crippen molar-refractivity contribution in [3.8, 4) is 6.07 Å². The van der Waals surface area contributed by atoms with Crippen molar-refractivity contribution in [3.63, 3.8) is 0 Å². The lowest BCUT2D eigenvalue weighted by molar-refractivity contribution is -0.383. The molecule has 0 saturated carbocycles. The molecule has 0 spiro atoms. The summed E-state index contributed by atoms with van der Waals surface area (Å²) in [6, 6.07) is 11.9. The molecule has 28 heavy (non-hydrogen) atoms. The first-order valence-electron chi connectivity index (χ1n) is 8.06. The van der Waals surface area contributed by atoms with E-state index < -0.39 is 16.8 Å². The number of nitro groups is 1. The van der Waals surface area contributed by atoms with Crippen LogP contribution in [-0.4, -0.2) is 17.0 Å². The van der Waals surface area contributed by atoms with E-state index in [0.29, 0.717) is 16.6 Å². The number of pyridine rings is 1. The fourth-order valence-corrected chi connectivity index (χ4v) is 3.04. The van der Waals surface area contributed by atoms with E-state index in [1.54, 1.807) is 24.1 Å². The third-order valence-corrected chi connectivity index (χ3v) is 4.26. The van der Waals surface area contributed by atoms with Crippen LogP contribution in [0.2, 0.25) is 0 Å². The molecular weight excluding hydrogens is 373 g/mol. The summed E-state index contributed by atoms with van der Waals surface area (Å²) in [4.78, 5) is 15.8. The van der Waals surface area contributed by atoms with Crippen LogP contribution in [0.1, 0.15) is 16.8 Å². The van der Waals surface area contributed by atoms with Gasteiger partial charge in [-0.25, -0.2) is 0 Å². The first-order chi connectivity index (χ1) is 13.2. The molecule has 0 aliphatic carbocycles. The molecule has 0 N–H and O–H groups in total. The molecule has 0 saturated heterocycles. The molecule has 0 aliphatic heterocycles. The van der Waals surface area contributed by atoms with Gasteiger partial charge < -0.3 is 4.90 Å². The van der Waals surface area contributed by atoms with Crippen molar-refractivity contribution < 1.29 is 18.1 Å². The Balaban J connectivity index is 2.06.